The highest BCUT2D eigenvalue weighted by Crippen LogP contribution is 2.30. The monoisotopic (exact) mass is 623 g/mol. The normalized spacial score (nSPS) is 11.7. The van der Waals surface area contributed by atoms with Crippen molar-refractivity contribution in [1.29, 1.82) is 0 Å². The van der Waals surface area contributed by atoms with Gasteiger partial charge in [0.05, 0.1) is 25.6 Å². The smallest absolute Gasteiger partial charge is 0.439 e. The summed E-state index contributed by atoms with van der Waals surface area (Å²) >= 11 is 1.45. The number of benzene rings is 3. The summed E-state index contributed by atoms with van der Waals surface area (Å²) < 4.78 is 12.8. The molecule has 0 bridgehead atoms. The Morgan fingerprint density at radius 3 is 2.33 bits per heavy atom. The number of methoxy groups -OCH3 is 1. The van der Waals surface area contributed by atoms with Crippen LogP contribution >= 0.6 is 11.3 Å². The van der Waals surface area contributed by atoms with Crippen molar-refractivity contribution < 1.29 is 14.1 Å². The van der Waals surface area contributed by atoms with Crippen LogP contribution in [0.2, 0.25) is 0 Å². The maximum atomic E-state index is 14.0. The molecule has 3 aromatic heterocycles. The van der Waals surface area contributed by atoms with Crippen LogP contribution < -0.4 is 21.7 Å². The second kappa shape index (κ2) is 12.6. The van der Waals surface area contributed by atoms with Crippen LogP contribution in [0.1, 0.15) is 22.9 Å². The summed E-state index contributed by atoms with van der Waals surface area (Å²) in [5.41, 5.74) is 3.63. The van der Waals surface area contributed by atoms with Gasteiger partial charge in [0.2, 0.25) is 0 Å². The Morgan fingerprint density at radius 1 is 0.956 bits per heavy atom. The number of ether oxygens (including phenoxy) is 1. The summed E-state index contributed by atoms with van der Waals surface area (Å²) in [4.78, 5) is 48.6. The molecule has 0 aliphatic heterocycles. The van der Waals surface area contributed by atoms with Crippen molar-refractivity contribution in [2.45, 2.75) is 26.4 Å². The van der Waals surface area contributed by atoms with E-state index in [0.717, 1.165) is 33.6 Å². The van der Waals surface area contributed by atoms with Crippen LogP contribution in [-0.2, 0) is 24.3 Å². The first-order valence-corrected chi connectivity index (χ1v) is 15.0. The topological polar surface area (TPSA) is 134 Å². The van der Waals surface area contributed by atoms with Crippen molar-refractivity contribution in [3.63, 3.8) is 0 Å². The molecule has 0 aliphatic rings. The van der Waals surface area contributed by atoms with Gasteiger partial charge < -0.3 is 9.57 Å². The van der Waals surface area contributed by atoms with E-state index >= 15 is 0 Å². The van der Waals surface area contributed by atoms with Crippen LogP contribution in [0.25, 0.3) is 32.7 Å². The van der Waals surface area contributed by atoms with Gasteiger partial charge in [-0.1, -0.05) is 65.8 Å². The molecule has 0 radical (unpaired) electrons. The summed E-state index contributed by atoms with van der Waals surface area (Å²) in [7, 11) is 3.00. The molecule has 12 heteroatoms. The van der Waals surface area contributed by atoms with Crippen molar-refractivity contribution in [2.75, 3.05) is 14.2 Å². The van der Waals surface area contributed by atoms with E-state index in [1.807, 2.05) is 61.5 Å². The van der Waals surface area contributed by atoms with Crippen LogP contribution in [0.15, 0.2) is 103 Å². The van der Waals surface area contributed by atoms with Crippen molar-refractivity contribution in [3.8, 4) is 28.3 Å². The number of thiophene rings is 1. The summed E-state index contributed by atoms with van der Waals surface area (Å²) in [5, 5.41) is 8.47. The van der Waals surface area contributed by atoms with Gasteiger partial charge in [0.15, 0.2) is 5.82 Å². The van der Waals surface area contributed by atoms with Gasteiger partial charge in [0.25, 0.3) is 5.56 Å². The molecule has 0 spiro atoms. The van der Waals surface area contributed by atoms with E-state index in [9.17, 15) is 14.4 Å². The first kappa shape index (κ1) is 29.6. The molecule has 11 nitrogen and oxygen atoms in total. The molecule has 228 valence electrons. The van der Waals surface area contributed by atoms with Gasteiger partial charge in [0.1, 0.15) is 23.4 Å². The Hall–Kier alpha value is -5.49. The van der Waals surface area contributed by atoms with Gasteiger partial charge in [-0.2, -0.15) is 0 Å². The second-order valence-electron chi connectivity index (χ2n) is 10.2. The number of aromatic nitrogens is 4. The highest BCUT2D eigenvalue weighted by Gasteiger charge is 2.19. The summed E-state index contributed by atoms with van der Waals surface area (Å²) in [6.45, 7) is 2.19. The zero-order chi connectivity index (χ0) is 31.5. The zero-order valence-electron chi connectivity index (χ0n) is 24.8. The second-order valence-corrected chi connectivity index (χ2v) is 11.3. The van der Waals surface area contributed by atoms with Crippen molar-refractivity contribution in [2.24, 2.45) is 5.16 Å². The Bertz CT molecular complexity index is 2190. The van der Waals surface area contributed by atoms with Crippen LogP contribution in [0.4, 0.5) is 0 Å². The number of nitrogens with one attached hydrogen (secondary N) is 1. The lowest BCUT2D eigenvalue weighted by Crippen LogP contribution is -2.41. The highest BCUT2D eigenvalue weighted by molar-refractivity contribution is 7.18. The summed E-state index contributed by atoms with van der Waals surface area (Å²) in [6, 6.07) is 24.4. The Kier molecular flexibility index (Phi) is 8.30. The third-order valence-electron chi connectivity index (χ3n) is 7.46. The van der Waals surface area contributed by atoms with Gasteiger partial charge in [-0.05, 0) is 53.4 Å². The highest BCUT2D eigenvalue weighted by atomic mass is 32.1. The van der Waals surface area contributed by atoms with Crippen molar-refractivity contribution >= 4 is 27.3 Å². The number of nitrogens with zero attached hydrogens (tertiary/aromatic N) is 4. The molecular weight excluding hydrogens is 594 g/mol. The van der Waals surface area contributed by atoms with E-state index in [-0.39, 0.29) is 18.6 Å². The molecule has 1 N–H and O–H groups in total. The lowest BCUT2D eigenvalue weighted by molar-refractivity contribution is 0.212. The van der Waals surface area contributed by atoms with E-state index in [4.69, 9.17) is 14.1 Å². The predicted octanol–water partition coefficient (Wildman–Crippen LogP) is 4.91. The van der Waals surface area contributed by atoms with E-state index in [0.29, 0.717) is 33.1 Å². The zero-order valence-corrected chi connectivity index (χ0v) is 25.6. The third-order valence-corrected chi connectivity index (χ3v) is 8.76. The minimum absolute atomic E-state index is 0.0784. The largest absolute Gasteiger partial charge is 0.497 e. The van der Waals surface area contributed by atoms with Crippen molar-refractivity contribution in [3.05, 3.63) is 126 Å². The molecule has 0 fully saturated rings. The Morgan fingerprint density at radius 2 is 1.69 bits per heavy atom. The molecule has 0 atom stereocenters. The fourth-order valence-electron chi connectivity index (χ4n) is 5.18. The molecule has 0 aliphatic carbocycles. The molecule has 0 unspecified atom stereocenters. The molecule has 3 aromatic carbocycles. The summed E-state index contributed by atoms with van der Waals surface area (Å²) in [6.07, 6.45) is 0.736. The van der Waals surface area contributed by atoms with Gasteiger partial charge in [-0.3, -0.25) is 23.4 Å². The van der Waals surface area contributed by atoms with E-state index in [1.165, 1.54) is 23.0 Å². The Labute approximate surface area is 260 Å². The average Bonchev–Trinajstić information content (AvgIpc) is 3.71. The predicted molar refractivity (Wildman–Crippen MR) is 173 cm³/mol. The molecule has 3 heterocycles. The fraction of sp³-hybridized carbons (Fsp3) is 0.182. The first-order chi connectivity index (χ1) is 21.9. The lowest BCUT2D eigenvalue weighted by Gasteiger charge is -2.14. The van der Waals surface area contributed by atoms with Crippen LogP contribution in [0.3, 0.4) is 0 Å². The number of rotatable bonds is 10. The van der Waals surface area contributed by atoms with E-state index in [2.05, 4.69) is 15.3 Å². The number of H-pyrrole nitrogens is 1. The van der Waals surface area contributed by atoms with Crippen LogP contribution in [-0.4, -0.2) is 39.2 Å². The minimum atomic E-state index is -0.627. The van der Waals surface area contributed by atoms with Gasteiger partial charge >= 0.3 is 11.4 Å². The van der Waals surface area contributed by atoms with Gasteiger partial charge in [0, 0.05) is 16.0 Å². The van der Waals surface area contributed by atoms with Crippen LogP contribution in [0.5, 0.6) is 5.75 Å². The molecule has 45 heavy (non-hydrogen) atoms. The number of fused-ring (bicyclic) bond motifs is 1. The standard InChI is InChI=1S/C33H29N5O6S/c1-4-24-17-27-30(39)37(19-28(35-43-3)22-13-15-23(42-2)16-14-22)33(41)38(31(27)45-24)18-20-9-11-21(12-10-20)25-7-5-6-8-26(25)29-34-32(40)44-36-29/h5-17H,4,18-19H2,1-3H3,(H,34,36,40)/b35-28-. The number of hydrogen-bond acceptors (Lipinski definition) is 9. The molecule has 0 amide bonds. The molecular formula is C33H29N5O6S. The average molecular weight is 624 g/mol. The third kappa shape index (κ3) is 5.87. The molecule has 6 rings (SSSR count). The maximum Gasteiger partial charge on any atom is 0.439 e. The fourth-order valence-corrected chi connectivity index (χ4v) is 6.26. The van der Waals surface area contributed by atoms with Gasteiger partial charge in [-0.25, -0.2) is 9.59 Å². The molecule has 0 saturated carbocycles. The minimum Gasteiger partial charge on any atom is -0.497 e. The van der Waals surface area contributed by atoms with Gasteiger partial charge in [-0.15, -0.1) is 11.3 Å². The number of aryl methyl sites for hydroxylation is 1. The summed E-state index contributed by atoms with van der Waals surface area (Å²) in [5.74, 6) is 0.383. The van der Waals surface area contributed by atoms with Crippen LogP contribution in [0, 0.1) is 0 Å². The van der Waals surface area contributed by atoms with Crippen molar-refractivity contribution in [1.82, 2.24) is 19.3 Å². The maximum absolute atomic E-state index is 14.0. The number of oxime groups is 1. The first-order valence-electron chi connectivity index (χ1n) is 14.1. The number of aromatic amines is 1. The Balaban J connectivity index is 1.39. The lowest BCUT2D eigenvalue weighted by atomic mass is 9.98. The quantitative estimate of drug-likeness (QED) is 0.169. The van der Waals surface area contributed by atoms with E-state index in [1.54, 1.807) is 35.9 Å². The number of hydrogen-bond donors (Lipinski definition) is 1. The molecule has 6 aromatic rings. The SMILES string of the molecule is CCc1cc2c(=O)n(C/C(=N/OC)c3ccc(OC)cc3)c(=O)n(Cc3ccc(-c4ccccc4-c4noc(=O)[nH]4)cc3)c2s1. The molecule has 0 saturated heterocycles. The van der Waals surface area contributed by atoms with E-state index < -0.39 is 11.4 Å².